The number of benzene rings is 2. The van der Waals surface area contributed by atoms with Crippen LogP contribution in [-0.2, 0) is 32.0 Å². The van der Waals surface area contributed by atoms with Gasteiger partial charge >= 0.3 is 12.1 Å². The predicted molar refractivity (Wildman–Crippen MR) is 158 cm³/mol. The van der Waals surface area contributed by atoms with E-state index < -0.39 is 35.7 Å². The highest BCUT2D eigenvalue weighted by molar-refractivity contribution is 5.96. The minimum atomic E-state index is -0.762. The molecule has 0 radical (unpaired) electrons. The van der Waals surface area contributed by atoms with Gasteiger partial charge in [0.15, 0.2) is 0 Å². The Balaban J connectivity index is 2.67. The first-order chi connectivity index (χ1) is 19.4. The van der Waals surface area contributed by atoms with Crippen molar-refractivity contribution in [1.29, 1.82) is 0 Å². The van der Waals surface area contributed by atoms with Crippen LogP contribution in [0.15, 0.2) is 73.0 Å². The molecule has 41 heavy (non-hydrogen) atoms. The molecule has 0 aliphatic rings. The lowest BCUT2D eigenvalue weighted by molar-refractivity contribution is -0.153. The van der Waals surface area contributed by atoms with E-state index in [-0.39, 0.29) is 12.2 Å². The highest BCUT2D eigenvalue weighted by Crippen LogP contribution is 2.29. The van der Waals surface area contributed by atoms with Crippen molar-refractivity contribution in [1.82, 2.24) is 10.2 Å². The SMILES string of the molecule is C=CC[C@@H](OC(C)=O)[C@@H](Cc1ccccc1)N(Cc1ccc(OC)cc1OC)C(=O)/C(=C/C)NC(=O)OC(C)(C)C. The smallest absolute Gasteiger partial charge is 0.412 e. The highest BCUT2D eigenvalue weighted by atomic mass is 16.6. The number of nitrogens with one attached hydrogen (secondary N) is 1. The molecule has 9 nitrogen and oxygen atoms in total. The number of rotatable bonds is 13. The van der Waals surface area contributed by atoms with E-state index in [0.717, 1.165) is 5.56 Å². The van der Waals surface area contributed by atoms with Crippen molar-refractivity contribution in [3.05, 3.63) is 84.1 Å². The number of allylic oxidation sites excluding steroid dienone is 1. The summed E-state index contributed by atoms with van der Waals surface area (Å²) in [6.07, 6.45) is 2.34. The van der Waals surface area contributed by atoms with Crippen molar-refractivity contribution in [2.24, 2.45) is 0 Å². The lowest BCUT2D eigenvalue weighted by atomic mass is 9.96. The van der Waals surface area contributed by atoms with Crippen LogP contribution in [0.1, 0.15) is 52.2 Å². The second-order valence-corrected chi connectivity index (χ2v) is 10.4. The largest absolute Gasteiger partial charge is 0.497 e. The first-order valence-electron chi connectivity index (χ1n) is 13.4. The fourth-order valence-corrected chi connectivity index (χ4v) is 4.28. The molecule has 0 spiro atoms. The summed E-state index contributed by atoms with van der Waals surface area (Å²) in [6, 6.07) is 14.3. The molecule has 9 heteroatoms. The molecule has 0 aliphatic heterocycles. The van der Waals surface area contributed by atoms with E-state index in [0.29, 0.717) is 29.9 Å². The standard InChI is InChI=1S/C32H42N2O7/c1-9-14-28(40-22(3)35)27(19-23-15-12-11-13-16-23)34(21-24-17-18-25(38-7)20-29(24)39-8)30(36)26(10-2)33-31(37)41-32(4,5)6/h9-13,15-18,20,27-28H,1,14,19,21H2,2-8H3,(H,33,37)/b26-10-/t27-,28-/m1/s1. The fourth-order valence-electron chi connectivity index (χ4n) is 4.28. The number of esters is 1. The number of hydrogen-bond acceptors (Lipinski definition) is 7. The quantitative estimate of drug-likeness (QED) is 0.192. The molecule has 1 N–H and O–H groups in total. The molecule has 0 unspecified atom stereocenters. The van der Waals surface area contributed by atoms with Gasteiger partial charge in [0, 0.05) is 25.0 Å². The van der Waals surface area contributed by atoms with E-state index in [1.165, 1.54) is 20.1 Å². The van der Waals surface area contributed by atoms with Gasteiger partial charge in [-0.1, -0.05) is 42.5 Å². The minimum Gasteiger partial charge on any atom is -0.497 e. The zero-order valence-corrected chi connectivity index (χ0v) is 25.1. The number of hydrogen-bond donors (Lipinski definition) is 1. The normalized spacial score (nSPS) is 12.9. The van der Waals surface area contributed by atoms with Gasteiger partial charge in [0.25, 0.3) is 5.91 Å². The molecule has 2 aromatic rings. The molecule has 2 amide bonds. The summed E-state index contributed by atoms with van der Waals surface area (Å²) in [4.78, 5) is 40.7. The summed E-state index contributed by atoms with van der Waals surface area (Å²) in [5.41, 5.74) is 0.875. The van der Waals surface area contributed by atoms with Gasteiger partial charge in [0.2, 0.25) is 0 Å². The van der Waals surface area contributed by atoms with Crippen LogP contribution in [0.25, 0.3) is 0 Å². The van der Waals surface area contributed by atoms with Gasteiger partial charge in [-0.3, -0.25) is 14.9 Å². The fraction of sp³-hybridized carbons (Fsp3) is 0.406. The van der Waals surface area contributed by atoms with Crippen molar-refractivity contribution >= 4 is 18.0 Å². The van der Waals surface area contributed by atoms with Gasteiger partial charge in [-0.15, -0.1) is 6.58 Å². The van der Waals surface area contributed by atoms with E-state index in [2.05, 4.69) is 11.9 Å². The molecule has 0 aliphatic carbocycles. The number of amides is 2. The average molecular weight is 567 g/mol. The van der Waals surface area contributed by atoms with Crippen LogP contribution >= 0.6 is 0 Å². The molecule has 0 fully saturated rings. The molecule has 2 aromatic carbocycles. The third-order valence-corrected chi connectivity index (χ3v) is 6.08. The Bertz CT molecular complexity index is 1220. The molecule has 0 heterocycles. The maximum absolute atomic E-state index is 14.3. The van der Waals surface area contributed by atoms with Gasteiger partial charge < -0.3 is 23.8 Å². The van der Waals surface area contributed by atoms with Crippen LogP contribution in [0.2, 0.25) is 0 Å². The second kappa shape index (κ2) is 15.5. The molecule has 0 aromatic heterocycles. The number of ether oxygens (including phenoxy) is 4. The summed E-state index contributed by atoms with van der Waals surface area (Å²) >= 11 is 0. The van der Waals surface area contributed by atoms with Crippen molar-refractivity contribution in [2.45, 2.75) is 71.8 Å². The van der Waals surface area contributed by atoms with E-state index in [1.807, 2.05) is 36.4 Å². The van der Waals surface area contributed by atoms with Crippen molar-refractivity contribution in [3.63, 3.8) is 0 Å². The van der Waals surface area contributed by atoms with E-state index >= 15 is 0 Å². The minimum absolute atomic E-state index is 0.0185. The molecule has 222 valence electrons. The lowest BCUT2D eigenvalue weighted by Gasteiger charge is -2.37. The maximum atomic E-state index is 14.3. The highest BCUT2D eigenvalue weighted by Gasteiger charge is 2.35. The second-order valence-electron chi connectivity index (χ2n) is 10.4. The molecule has 2 atom stereocenters. The van der Waals surface area contributed by atoms with Crippen molar-refractivity contribution in [2.75, 3.05) is 14.2 Å². The third kappa shape index (κ3) is 10.3. The maximum Gasteiger partial charge on any atom is 0.412 e. The number of alkyl carbamates (subject to hydrolysis) is 1. The number of methoxy groups -OCH3 is 2. The molecule has 2 rings (SSSR count). The zero-order valence-electron chi connectivity index (χ0n) is 25.1. The summed E-state index contributed by atoms with van der Waals surface area (Å²) < 4.78 is 22.1. The van der Waals surface area contributed by atoms with Gasteiger partial charge in [-0.25, -0.2) is 4.79 Å². The first-order valence-corrected chi connectivity index (χ1v) is 13.4. The van der Waals surface area contributed by atoms with Crippen LogP contribution in [0, 0.1) is 0 Å². The Labute approximate surface area is 243 Å². The Morgan fingerprint density at radius 2 is 1.73 bits per heavy atom. The van der Waals surface area contributed by atoms with Gasteiger partial charge in [0.05, 0.1) is 26.8 Å². The Morgan fingerprint density at radius 3 is 2.27 bits per heavy atom. The topological polar surface area (TPSA) is 103 Å². The monoisotopic (exact) mass is 566 g/mol. The Hall–Kier alpha value is -4.27. The van der Waals surface area contributed by atoms with Gasteiger partial charge in [0.1, 0.15) is 28.9 Å². The van der Waals surface area contributed by atoms with Crippen LogP contribution in [0.4, 0.5) is 4.79 Å². The summed E-state index contributed by atoms with van der Waals surface area (Å²) in [5, 5.41) is 2.60. The molecule has 0 bridgehead atoms. The molecular weight excluding hydrogens is 524 g/mol. The van der Waals surface area contributed by atoms with Crippen LogP contribution < -0.4 is 14.8 Å². The van der Waals surface area contributed by atoms with Crippen LogP contribution in [0.5, 0.6) is 11.5 Å². The Morgan fingerprint density at radius 1 is 1.05 bits per heavy atom. The summed E-state index contributed by atoms with van der Waals surface area (Å²) in [7, 11) is 3.09. The van der Waals surface area contributed by atoms with E-state index in [4.69, 9.17) is 18.9 Å². The third-order valence-electron chi connectivity index (χ3n) is 6.08. The van der Waals surface area contributed by atoms with Crippen molar-refractivity contribution < 1.29 is 33.3 Å². The van der Waals surface area contributed by atoms with E-state index in [9.17, 15) is 14.4 Å². The van der Waals surface area contributed by atoms with Crippen LogP contribution in [-0.4, -0.2) is 54.8 Å². The van der Waals surface area contributed by atoms with E-state index in [1.54, 1.807) is 57.9 Å². The van der Waals surface area contributed by atoms with Gasteiger partial charge in [-0.2, -0.15) is 0 Å². The zero-order chi connectivity index (χ0) is 30.6. The molecule has 0 saturated heterocycles. The van der Waals surface area contributed by atoms with Crippen molar-refractivity contribution in [3.8, 4) is 11.5 Å². The number of carbonyl (C=O) groups is 3. The lowest BCUT2D eigenvalue weighted by Crippen LogP contribution is -2.51. The predicted octanol–water partition coefficient (Wildman–Crippen LogP) is 5.58. The van der Waals surface area contributed by atoms with Gasteiger partial charge in [-0.05, 0) is 51.8 Å². The summed E-state index contributed by atoms with van der Waals surface area (Å²) in [6.45, 7) is 12.1. The summed E-state index contributed by atoms with van der Waals surface area (Å²) in [5.74, 6) is 0.130. The first kappa shape index (κ1) is 32.9. The number of nitrogens with zero attached hydrogens (tertiary/aromatic N) is 1. The number of carbonyl (C=O) groups excluding carboxylic acids is 3. The average Bonchev–Trinajstić information content (AvgIpc) is 2.92. The molecule has 0 saturated carbocycles. The molecular formula is C32H42N2O7. The Kier molecular flexibility index (Phi) is 12.5. The van der Waals surface area contributed by atoms with Crippen LogP contribution in [0.3, 0.4) is 0 Å².